The third-order valence-corrected chi connectivity index (χ3v) is 9.43. The molecule has 0 aliphatic carbocycles. The second-order valence-corrected chi connectivity index (χ2v) is 11.8. The summed E-state index contributed by atoms with van der Waals surface area (Å²) in [4.78, 5) is 15.9. The predicted molar refractivity (Wildman–Crippen MR) is 164 cm³/mol. The summed E-state index contributed by atoms with van der Waals surface area (Å²) in [6, 6.07) is 28.4. The summed E-state index contributed by atoms with van der Waals surface area (Å²) < 4.78 is 13.1. The average Bonchev–Trinajstić information content (AvgIpc) is 3.55. The lowest BCUT2D eigenvalue weighted by Gasteiger charge is -2.37. The van der Waals surface area contributed by atoms with Crippen molar-refractivity contribution in [1.29, 1.82) is 0 Å². The average molecular weight is 545 g/mol. The molecule has 208 valence electrons. The van der Waals surface area contributed by atoms with Gasteiger partial charge in [-0.05, 0) is 79.6 Å². The molecule has 0 radical (unpaired) electrons. The first kappa shape index (κ1) is 25.7. The third-order valence-electron chi connectivity index (χ3n) is 9.43. The van der Waals surface area contributed by atoms with Gasteiger partial charge in [0.25, 0.3) is 0 Å². The minimum Gasteiger partial charge on any atom is -0.456 e. The number of nitrogens with zero attached hydrogens (tertiary/aromatic N) is 1. The first-order chi connectivity index (χ1) is 20.0. The highest BCUT2D eigenvalue weighted by Crippen LogP contribution is 2.57. The smallest absolute Gasteiger partial charge is 0.340 e. The molecule has 2 atom stereocenters. The maximum Gasteiger partial charge on any atom is 0.340 e. The number of para-hydroxylation sites is 1. The number of carbonyl (C=O) groups is 1. The van der Waals surface area contributed by atoms with E-state index in [9.17, 15) is 4.79 Å². The molecule has 3 aliphatic heterocycles. The Balaban J connectivity index is 1.36. The van der Waals surface area contributed by atoms with E-state index >= 15 is 0 Å². The van der Waals surface area contributed by atoms with Crippen LogP contribution in [0.5, 0.6) is 11.5 Å². The van der Waals surface area contributed by atoms with Crippen LogP contribution in [0, 0.1) is 12.3 Å². The maximum atomic E-state index is 13.4. The van der Waals surface area contributed by atoms with Crippen LogP contribution in [0.1, 0.15) is 72.1 Å². The van der Waals surface area contributed by atoms with Gasteiger partial charge in [0.2, 0.25) is 0 Å². The largest absolute Gasteiger partial charge is 0.456 e. The molecule has 2 unspecified atom stereocenters. The Morgan fingerprint density at radius 3 is 2.46 bits per heavy atom. The Morgan fingerprint density at radius 1 is 0.878 bits per heavy atom. The van der Waals surface area contributed by atoms with Gasteiger partial charge in [-0.2, -0.15) is 0 Å². The Kier molecular flexibility index (Phi) is 6.07. The standard InChI is InChI=1S/C36H36N2O3/c1-4-17-35(5-2)18-19-38(23-35)26-15-16-29-33(21-26)40-32-20-24(3)31(37-25-11-7-6-8-12-25)22-30(32)36(29)28-14-10-9-13-27(28)34(39)41-36/h6-16,20-22,37H,4-5,17-19,23H2,1-3H3. The highest BCUT2D eigenvalue weighted by atomic mass is 16.6. The number of rotatable bonds is 6. The molecule has 7 rings (SSSR count). The normalized spacial score (nSPS) is 22.1. The van der Waals surface area contributed by atoms with Crippen molar-refractivity contribution >= 4 is 23.0 Å². The van der Waals surface area contributed by atoms with Gasteiger partial charge in [0.05, 0.1) is 5.56 Å². The first-order valence-corrected chi connectivity index (χ1v) is 14.8. The zero-order valence-corrected chi connectivity index (χ0v) is 24.0. The molecule has 0 aromatic heterocycles. The fourth-order valence-corrected chi connectivity index (χ4v) is 7.17. The molecule has 1 saturated heterocycles. The molecule has 1 fully saturated rings. The van der Waals surface area contributed by atoms with Gasteiger partial charge in [-0.3, -0.25) is 0 Å². The van der Waals surface area contributed by atoms with Crippen molar-refractivity contribution in [3.8, 4) is 11.5 Å². The van der Waals surface area contributed by atoms with Crippen LogP contribution in [0.15, 0.2) is 84.9 Å². The summed E-state index contributed by atoms with van der Waals surface area (Å²) in [6.45, 7) is 8.78. The van der Waals surface area contributed by atoms with Crippen molar-refractivity contribution < 1.29 is 14.3 Å². The molecule has 3 aliphatic rings. The lowest BCUT2D eigenvalue weighted by molar-refractivity contribution is 0.0224. The van der Waals surface area contributed by atoms with Gasteiger partial charge < -0.3 is 19.7 Å². The summed E-state index contributed by atoms with van der Waals surface area (Å²) >= 11 is 0. The van der Waals surface area contributed by atoms with Crippen LogP contribution in [-0.4, -0.2) is 19.1 Å². The lowest BCUT2D eigenvalue weighted by atomic mass is 9.77. The van der Waals surface area contributed by atoms with Gasteiger partial charge in [-0.15, -0.1) is 0 Å². The monoisotopic (exact) mass is 544 g/mol. The Morgan fingerprint density at radius 2 is 1.66 bits per heavy atom. The Bertz CT molecular complexity index is 1650. The van der Waals surface area contributed by atoms with Gasteiger partial charge in [0, 0.05) is 52.9 Å². The molecular formula is C36H36N2O3. The number of benzene rings is 4. The fraction of sp³-hybridized carbons (Fsp3) is 0.306. The number of fused-ring (bicyclic) bond motifs is 6. The predicted octanol–water partition coefficient (Wildman–Crippen LogP) is 8.71. The van der Waals surface area contributed by atoms with E-state index in [0.29, 0.717) is 16.7 Å². The number of hydrogen-bond acceptors (Lipinski definition) is 5. The van der Waals surface area contributed by atoms with Crippen LogP contribution in [-0.2, 0) is 10.3 Å². The molecule has 0 amide bonds. The molecule has 4 aromatic rings. The van der Waals surface area contributed by atoms with Crippen molar-refractivity contribution in [3.05, 3.63) is 113 Å². The first-order valence-electron chi connectivity index (χ1n) is 14.8. The van der Waals surface area contributed by atoms with Crippen molar-refractivity contribution in [1.82, 2.24) is 0 Å². The number of aryl methyl sites for hydroxylation is 1. The van der Waals surface area contributed by atoms with Crippen molar-refractivity contribution in [3.63, 3.8) is 0 Å². The lowest BCUT2D eigenvalue weighted by Crippen LogP contribution is -2.33. The minimum atomic E-state index is -1.09. The molecule has 1 spiro atoms. The molecule has 4 aromatic carbocycles. The highest BCUT2D eigenvalue weighted by Gasteiger charge is 2.54. The van der Waals surface area contributed by atoms with Gasteiger partial charge in [-0.1, -0.05) is 56.7 Å². The number of carbonyl (C=O) groups excluding carboxylic acids is 1. The number of esters is 1. The van der Waals surface area contributed by atoms with Crippen molar-refractivity contribution in [2.24, 2.45) is 5.41 Å². The molecule has 0 bridgehead atoms. The number of nitrogens with one attached hydrogen (secondary N) is 1. The van der Waals surface area contributed by atoms with Crippen LogP contribution in [0.2, 0.25) is 0 Å². The molecule has 41 heavy (non-hydrogen) atoms. The molecular weight excluding hydrogens is 508 g/mol. The topological polar surface area (TPSA) is 50.8 Å². The quantitative estimate of drug-likeness (QED) is 0.246. The Labute approximate surface area is 242 Å². The maximum absolute atomic E-state index is 13.4. The minimum absolute atomic E-state index is 0.312. The number of hydrogen-bond donors (Lipinski definition) is 1. The second kappa shape index (κ2) is 9.69. The van der Waals surface area contributed by atoms with E-state index in [-0.39, 0.29) is 5.97 Å². The van der Waals surface area contributed by atoms with Crippen molar-refractivity contribution in [2.75, 3.05) is 23.3 Å². The SMILES string of the molecule is CCCC1(CC)CCN(c2ccc3c(c2)Oc2cc(C)c(Nc4ccccc4)cc2C32OC(=O)c3ccccc32)C1. The summed E-state index contributed by atoms with van der Waals surface area (Å²) in [6.07, 6.45) is 4.87. The zero-order valence-electron chi connectivity index (χ0n) is 24.0. The van der Waals surface area contributed by atoms with Gasteiger partial charge >= 0.3 is 5.97 Å². The number of anilines is 3. The van der Waals surface area contributed by atoms with Gasteiger partial charge in [0.15, 0.2) is 5.60 Å². The van der Waals surface area contributed by atoms with Crippen LogP contribution < -0.4 is 15.0 Å². The van der Waals surface area contributed by atoms with Crippen molar-refractivity contribution in [2.45, 2.75) is 52.1 Å². The zero-order chi connectivity index (χ0) is 28.2. The van der Waals surface area contributed by atoms with Crippen LogP contribution >= 0.6 is 0 Å². The van der Waals surface area contributed by atoms with E-state index in [1.54, 1.807) is 0 Å². The fourth-order valence-electron chi connectivity index (χ4n) is 7.17. The highest BCUT2D eigenvalue weighted by molar-refractivity contribution is 5.97. The molecule has 0 saturated carbocycles. The molecule has 5 heteroatoms. The van der Waals surface area contributed by atoms with Crippen LogP contribution in [0.3, 0.4) is 0 Å². The van der Waals surface area contributed by atoms with E-state index in [0.717, 1.165) is 58.2 Å². The third kappa shape index (κ3) is 4.01. The molecule has 3 heterocycles. The Hall–Kier alpha value is -4.25. The summed E-state index contributed by atoms with van der Waals surface area (Å²) in [5, 5.41) is 3.55. The molecule has 1 N–H and O–H groups in total. The van der Waals surface area contributed by atoms with E-state index < -0.39 is 5.60 Å². The molecule has 5 nitrogen and oxygen atoms in total. The summed E-state index contributed by atoms with van der Waals surface area (Å²) in [5.74, 6) is 1.14. The second-order valence-electron chi connectivity index (χ2n) is 11.8. The number of ether oxygens (including phenoxy) is 2. The van der Waals surface area contributed by atoms with Gasteiger partial charge in [-0.25, -0.2) is 4.79 Å². The van der Waals surface area contributed by atoms with Crippen LogP contribution in [0.4, 0.5) is 17.1 Å². The van der Waals surface area contributed by atoms with Crippen LogP contribution in [0.25, 0.3) is 0 Å². The van der Waals surface area contributed by atoms with E-state index in [1.165, 1.54) is 25.7 Å². The van der Waals surface area contributed by atoms with Gasteiger partial charge in [0.1, 0.15) is 11.5 Å². The summed E-state index contributed by atoms with van der Waals surface area (Å²) in [7, 11) is 0. The van der Waals surface area contributed by atoms with E-state index in [2.05, 4.69) is 61.3 Å². The van der Waals surface area contributed by atoms with E-state index in [1.807, 2.05) is 54.6 Å². The van der Waals surface area contributed by atoms with E-state index in [4.69, 9.17) is 9.47 Å². The summed E-state index contributed by atoms with van der Waals surface area (Å²) in [5.41, 5.74) is 6.57.